The third-order valence-corrected chi connectivity index (χ3v) is 5.03. The van der Waals surface area contributed by atoms with Crippen LogP contribution in [0.25, 0.3) is 0 Å². The fourth-order valence-electron chi connectivity index (χ4n) is 3.63. The molecule has 134 valence electrons. The molecule has 1 aromatic carbocycles. The lowest BCUT2D eigenvalue weighted by Gasteiger charge is -2.23. The second-order valence-corrected chi connectivity index (χ2v) is 6.74. The largest absolute Gasteiger partial charge is 0.370 e. The van der Waals surface area contributed by atoms with Crippen LogP contribution in [0.1, 0.15) is 35.6 Å². The van der Waals surface area contributed by atoms with Gasteiger partial charge in [0, 0.05) is 44.7 Å². The fraction of sp³-hybridized carbons (Fsp3) is 0.333. The van der Waals surface area contributed by atoms with Crippen molar-refractivity contribution in [1.29, 1.82) is 0 Å². The van der Waals surface area contributed by atoms with Crippen molar-refractivity contribution in [3.8, 4) is 0 Å². The van der Waals surface area contributed by atoms with Crippen LogP contribution in [0.5, 0.6) is 0 Å². The van der Waals surface area contributed by atoms with Gasteiger partial charge in [-0.15, -0.1) is 0 Å². The minimum atomic E-state index is 0.0441. The quantitative estimate of drug-likeness (QED) is 0.743. The Morgan fingerprint density at radius 1 is 1.12 bits per heavy atom. The molecule has 5 heteroatoms. The number of ether oxygens (including phenoxy) is 1. The Hall–Kier alpha value is -2.50. The Morgan fingerprint density at radius 3 is 2.69 bits per heavy atom. The molecule has 3 aromatic rings. The standard InChI is InChI=1S/C21H24N4O/c1-25-13-12-23-21(25)20-17(10-14-26-20)15-24-19(16-7-3-2-4-8-16)18-9-5-6-11-22-18/h2-9,11-13,17,19-20,24H,10,14-15H2,1H3/t17-,19?,20+/m0/s1. The molecule has 1 unspecified atom stereocenters. The Balaban J connectivity index is 1.52. The van der Waals surface area contributed by atoms with Gasteiger partial charge in [0.15, 0.2) is 0 Å². The highest BCUT2D eigenvalue weighted by atomic mass is 16.5. The summed E-state index contributed by atoms with van der Waals surface area (Å²) >= 11 is 0. The van der Waals surface area contributed by atoms with Gasteiger partial charge in [0.2, 0.25) is 0 Å². The van der Waals surface area contributed by atoms with E-state index >= 15 is 0 Å². The zero-order valence-electron chi connectivity index (χ0n) is 15.0. The van der Waals surface area contributed by atoms with Gasteiger partial charge >= 0.3 is 0 Å². The van der Waals surface area contributed by atoms with Crippen LogP contribution >= 0.6 is 0 Å². The van der Waals surface area contributed by atoms with E-state index in [1.807, 2.05) is 43.8 Å². The van der Waals surface area contributed by atoms with Gasteiger partial charge in [-0.2, -0.15) is 0 Å². The van der Waals surface area contributed by atoms with Crippen LogP contribution in [0.4, 0.5) is 0 Å². The number of hydrogen-bond acceptors (Lipinski definition) is 4. The van der Waals surface area contributed by atoms with E-state index in [0.29, 0.717) is 5.92 Å². The van der Waals surface area contributed by atoms with Crippen molar-refractivity contribution < 1.29 is 4.74 Å². The molecule has 0 aliphatic carbocycles. The van der Waals surface area contributed by atoms with Gasteiger partial charge in [0.05, 0.1) is 11.7 Å². The van der Waals surface area contributed by atoms with E-state index < -0.39 is 0 Å². The molecule has 1 aliphatic heterocycles. The zero-order chi connectivity index (χ0) is 17.8. The first-order valence-corrected chi connectivity index (χ1v) is 9.11. The second kappa shape index (κ2) is 7.81. The lowest BCUT2D eigenvalue weighted by Crippen LogP contribution is -2.30. The third kappa shape index (κ3) is 3.54. The first-order valence-electron chi connectivity index (χ1n) is 9.11. The number of imidazole rings is 1. The fourth-order valence-corrected chi connectivity index (χ4v) is 3.63. The van der Waals surface area contributed by atoms with E-state index in [2.05, 4.69) is 50.2 Å². The average molecular weight is 348 g/mol. The maximum absolute atomic E-state index is 6.00. The number of benzene rings is 1. The van der Waals surface area contributed by atoms with Crippen molar-refractivity contribution in [2.45, 2.75) is 18.6 Å². The molecule has 0 radical (unpaired) electrons. The van der Waals surface area contributed by atoms with Gasteiger partial charge in [0.1, 0.15) is 11.9 Å². The van der Waals surface area contributed by atoms with Crippen molar-refractivity contribution in [1.82, 2.24) is 19.9 Å². The van der Waals surface area contributed by atoms with Gasteiger partial charge in [0.25, 0.3) is 0 Å². The van der Waals surface area contributed by atoms with Crippen molar-refractivity contribution in [3.63, 3.8) is 0 Å². The van der Waals surface area contributed by atoms with Crippen molar-refractivity contribution in [2.24, 2.45) is 13.0 Å². The Labute approximate surface area is 154 Å². The Kier molecular flexibility index (Phi) is 5.09. The number of aryl methyl sites for hydroxylation is 1. The SMILES string of the molecule is Cn1ccnc1[C@@H]1OCC[C@H]1CNC(c1ccccc1)c1ccccn1. The third-order valence-electron chi connectivity index (χ3n) is 5.03. The van der Waals surface area contributed by atoms with Crippen LogP contribution in [0.2, 0.25) is 0 Å². The summed E-state index contributed by atoms with van der Waals surface area (Å²) in [5, 5.41) is 3.73. The number of hydrogen-bond donors (Lipinski definition) is 1. The highest BCUT2D eigenvalue weighted by molar-refractivity contribution is 5.27. The van der Waals surface area contributed by atoms with Crippen molar-refractivity contribution in [3.05, 3.63) is 84.2 Å². The van der Waals surface area contributed by atoms with Gasteiger partial charge in [-0.25, -0.2) is 4.98 Å². The van der Waals surface area contributed by atoms with Crippen LogP contribution in [-0.2, 0) is 11.8 Å². The molecule has 2 aromatic heterocycles. The number of pyridine rings is 1. The number of aromatic nitrogens is 3. The maximum Gasteiger partial charge on any atom is 0.137 e. The van der Waals surface area contributed by atoms with Crippen LogP contribution < -0.4 is 5.32 Å². The van der Waals surface area contributed by atoms with Gasteiger partial charge in [-0.1, -0.05) is 36.4 Å². The average Bonchev–Trinajstić information content (AvgIpc) is 3.32. The van der Waals surface area contributed by atoms with E-state index in [1.54, 1.807) is 0 Å². The summed E-state index contributed by atoms with van der Waals surface area (Å²) in [5.74, 6) is 1.40. The smallest absolute Gasteiger partial charge is 0.137 e. The molecule has 26 heavy (non-hydrogen) atoms. The second-order valence-electron chi connectivity index (χ2n) is 6.74. The summed E-state index contributed by atoms with van der Waals surface area (Å²) < 4.78 is 8.05. The normalized spacial score (nSPS) is 21.0. The van der Waals surface area contributed by atoms with Crippen LogP contribution in [0.15, 0.2) is 67.1 Å². The monoisotopic (exact) mass is 348 g/mol. The molecule has 0 spiro atoms. The Morgan fingerprint density at radius 2 is 1.96 bits per heavy atom. The van der Waals surface area contributed by atoms with Crippen molar-refractivity contribution in [2.75, 3.05) is 13.2 Å². The highest BCUT2D eigenvalue weighted by Gasteiger charge is 2.32. The first-order chi connectivity index (χ1) is 12.8. The lowest BCUT2D eigenvalue weighted by atomic mass is 9.98. The predicted octanol–water partition coefficient (Wildman–Crippen LogP) is 3.27. The molecule has 1 aliphatic rings. The lowest BCUT2D eigenvalue weighted by molar-refractivity contribution is 0.0807. The molecular weight excluding hydrogens is 324 g/mol. The van der Waals surface area contributed by atoms with Crippen LogP contribution in [-0.4, -0.2) is 27.7 Å². The number of nitrogens with zero attached hydrogens (tertiary/aromatic N) is 3. The molecule has 5 nitrogen and oxygen atoms in total. The summed E-state index contributed by atoms with van der Waals surface area (Å²) in [6, 6.07) is 16.6. The summed E-state index contributed by atoms with van der Waals surface area (Å²) in [5.41, 5.74) is 2.25. The Bertz CT molecular complexity index is 779. The zero-order valence-corrected chi connectivity index (χ0v) is 15.0. The molecular formula is C21H24N4O. The summed E-state index contributed by atoms with van der Waals surface area (Å²) in [4.78, 5) is 9.06. The van der Waals surface area contributed by atoms with Crippen LogP contribution in [0, 0.1) is 5.92 Å². The van der Waals surface area contributed by atoms with E-state index in [0.717, 1.165) is 31.1 Å². The number of nitrogens with one attached hydrogen (secondary N) is 1. The predicted molar refractivity (Wildman–Crippen MR) is 101 cm³/mol. The molecule has 0 saturated carbocycles. The molecule has 1 saturated heterocycles. The molecule has 3 heterocycles. The van der Waals surface area contributed by atoms with Gasteiger partial charge in [-0.3, -0.25) is 4.98 Å². The first kappa shape index (κ1) is 16.9. The van der Waals surface area contributed by atoms with Gasteiger partial charge in [-0.05, 0) is 24.1 Å². The van der Waals surface area contributed by atoms with E-state index in [-0.39, 0.29) is 12.1 Å². The summed E-state index contributed by atoms with van der Waals surface area (Å²) in [6.07, 6.45) is 6.74. The topological polar surface area (TPSA) is 52.0 Å². The summed E-state index contributed by atoms with van der Waals surface area (Å²) in [6.45, 7) is 1.64. The minimum absolute atomic E-state index is 0.0441. The molecule has 0 bridgehead atoms. The molecule has 3 atom stereocenters. The van der Waals surface area contributed by atoms with E-state index in [9.17, 15) is 0 Å². The van der Waals surface area contributed by atoms with E-state index in [4.69, 9.17) is 4.74 Å². The van der Waals surface area contributed by atoms with Crippen LogP contribution in [0.3, 0.4) is 0 Å². The number of rotatable bonds is 6. The minimum Gasteiger partial charge on any atom is -0.370 e. The molecule has 1 N–H and O–H groups in total. The summed E-state index contributed by atoms with van der Waals surface area (Å²) in [7, 11) is 2.02. The highest BCUT2D eigenvalue weighted by Crippen LogP contribution is 2.33. The van der Waals surface area contributed by atoms with Crippen molar-refractivity contribution >= 4 is 0 Å². The van der Waals surface area contributed by atoms with E-state index in [1.165, 1.54) is 5.56 Å². The maximum atomic E-state index is 6.00. The van der Waals surface area contributed by atoms with Gasteiger partial charge < -0.3 is 14.6 Å². The molecule has 4 rings (SSSR count). The molecule has 0 amide bonds. The molecule has 1 fully saturated rings.